The van der Waals surface area contributed by atoms with Crippen LogP contribution in [0.15, 0.2) is 108 Å². The number of anilines is 2. The average molecular weight is 558 g/mol. The van der Waals surface area contributed by atoms with Gasteiger partial charge in [0, 0.05) is 33.5 Å². The molecule has 1 N–H and O–H groups in total. The number of esters is 1. The van der Waals surface area contributed by atoms with Gasteiger partial charge in [-0.2, -0.15) is 0 Å². The number of halogens is 2. The molecule has 0 aromatic heterocycles. The van der Waals surface area contributed by atoms with E-state index in [1.165, 1.54) is 7.11 Å². The first-order valence-corrected chi connectivity index (χ1v) is 13.6. The smallest absolute Gasteiger partial charge is 0.337 e. The summed E-state index contributed by atoms with van der Waals surface area (Å²) in [6, 6.07) is 31.6. The first kappa shape index (κ1) is 26.9. The molecule has 0 saturated heterocycles. The molecule has 39 heavy (non-hydrogen) atoms. The van der Waals surface area contributed by atoms with Gasteiger partial charge in [0.05, 0.1) is 24.8 Å². The number of carbonyl (C=O) groups excluding carboxylic acids is 1. The van der Waals surface area contributed by atoms with Crippen molar-refractivity contribution in [1.29, 1.82) is 0 Å². The molecule has 4 aromatic carbocycles. The zero-order valence-electron chi connectivity index (χ0n) is 22.1. The summed E-state index contributed by atoms with van der Waals surface area (Å²) < 4.78 is 5.41. The lowest BCUT2D eigenvalue weighted by Crippen LogP contribution is -2.41. The van der Waals surface area contributed by atoms with E-state index in [9.17, 15) is 4.79 Å². The third kappa shape index (κ3) is 5.83. The Labute approximate surface area is 239 Å². The lowest BCUT2D eigenvalue weighted by Gasteiger charge is -2.46. The predicted molar refractivity (Wildman–Crippen MR) is 161 cm³/mol. The Hall–Kier alpha value is -3.73. The molecule has 0 spiro atoms. The normalized spacial score (nSPS) is 17.2. The van der Waals surface area contributed by atoms with Crippen LogP contribution >= 0.6 is 23.2 Å². The average Bonchev–Trinajstić information content (AvgIpc) is 2.95. The van der Waals surface area contributed by atoms with Crippen molar-refractivity contribution < 1.29 is 9.53 Å². The molecule has 0 amide bonds. The van der Waals surface area contributed by atoms with Crippen LogP contribution < -0.4 is 10.2 Å². The van der Waals surface area contributed by atoms with Crippen LogP contribution in [0.1, 0.15) is 40.8 Å². The van der Waals surface area contributed by atoms with Crippen LogP contribution in [0.5, 0.6) is 0 Å². The highest BCUT2D eigenvalue weighted by atomic mass is 35.5. The Balaban J connectivity index is 1.77. The minimum Gasteiger partial charge on any atom is -0.466 e. The molecule has 0 radical (unpaired) electrons. The van der Waals surface area contributed by atoms with E-state index in [0.29, 0.717) is 22.0 Å². The summed E-state index contributed by atoms with van der Waals surface area (Å²) in [5.74, 6) is -0.378. The fraction of sp³-hybridized carbons (Fsp3) is 0.182. The number of nitrogens with zero attached hydrogens (tertiary/aromatic N) is 1. The topological polar surface area (TPSA) is 41.6 Å². The van der Waals surface area contributed by atoms with Gasteiger partial charge in [-0.3, -0.25) is 0 Å². The molecule has 5 rings (SSSR count). The first-order valence-electron chi connectivity index (χ1n) is 12.8. The van der Waals surface area contributed by atoms with E-state index >= 15 is 0 Å². The van der Waals surface area contributed by atoms with Gasteiger partial charge in [0.1, 0.15) is 0 Å². The van der Waals surface area contributed by atoms with Gasteiger partial charge in [0.2, 0.25) is 0 Å². The van der Waals surface area contributed by atoms with Crippen molar-refractivity contribution in [1.82, 2.24) is 0 Å². The molecular weight excluding hydrogens is 527 g/mol. The van der Waals surface area contributed by atoms with Crippen molar-refractivity contribution >= 4 is 40.5 Å². The number of hydrogen-bond donors (Lipinski definition) is 1. The number of aryl methyl sites for hydroxylation is 2. The van der Waals surface area contributed by atoms with Crippen LogP contribution in [0.25, 0.3) is 0 Å². The van der Waals surface area contributed by atoms with Crippen molar-refractivity contribution in [2.45, 2.75) is 32.4 Å². The van der Waals surface area contributed by atoms with E-state index in [2.05, 4.69) is 72.6 Å². The minimum absolute atomic E-state index is 0.105. The van der Waals surface area contributed by atoms with Crippen LogP contribution in [-0.2, 0) is 9.53 Å². The molecular formula is C33H30Cl2N2O2. The van der Waals surface area contributed by atoms with Gasteiger partial charge in [-0.15, -0.1) is 0 Å². The van der Waals surface area contributed by atoms with Crippen LogP contribution in [0, 0.1) is 13.8 Å². The summed E-state index contributed by atoms with van der Waals surface area (Å²) in [7, 11) is 1.43. The maximum absolute atomic E-state index is 13.6. The maximum atomic E-state index is 13.6. The van der Waals surface area contributed by atoms with Gasteiger partial charge >= 0.3 is 5.97 Å². The fourth-order valence-electron chi connectivity index (χ4n) is 5.14. The Bertz CT molecular complexity index is 1480. The second-order valence-corrected chi connectivity index (χ2v) is 10.7. The lowest BCUT2D eigenvalue weighted by molar-refractivity contribution is -0.136. The third-order valence-corrected chi connectivity index (χ3v) is 7.64. The number of rotatable bonds is 6. The van der Waals surface area contributed by atoms with Crippen molar-refractivity contribution in [2.75, 3.05) is 17.3 Å². The van der Waals surface area contributed by atoms with Gasteiger partial charge in [-0.25, -0.2) is 4.79 Å². The van der Waals surface area contributed by atoms with E-state index in [1.54, 1.807) is 0 Å². The molecule has 4 aromatic rings. The molecule has 1 aliphatic rings. The summed E-state index contributed by atoms with van der Waals surface area (Å²) in [5, 5.41) is 4.88. The maximum Gasteiger partial charge on any atom is 0.337 e. The van der Waals surface area contributed by atoms with Crippen LogP contribution in [0.3, 0.4) is 0 Å². The summed E-state index contributed by atoms with van der Waals surface area (Å²) in [6.07, 6.45) is 0.553. The molecule has 198 valence electrons. The Morgan fingerprint density at radius 2 is 1.28 bits per heavy atom. The molecule has 0 bridgehead atoms. The van der Waals surface area contributed by atoms with Crippen molar-refractivity contribution in [2.24, 2.45) is 0 Å². The zero-order chi connectivity index (χ0) is 27.5. The second-order valence-electron chi connectivity index (χ2n) is 9.84. The highest BCUT2D eigenvalue weighted by Gasteiger charge is 2.41. The van der Waals surface area contributed by atoms with Crippen LogP contribution in [-0.4, -0.2) is 13.1 Å². The monoisotopic (exact) mass is 556 g/mol. The number of hydrogen-bond acceptors (Lipinski definition) is 4. The molecule has 1 aliphatic heterocycles. The highest BCUT2D eigenvalue weighted by Crippen LogP contribution is 2.48. The number of ether oxygens (including phenoxy) is 1. The van der Waals surface area contributed by atoms with E-state index in [4.69, 9.17) is 27.9 Å². The summed E-state index contributed by atoms with van der Waals surface area (Å²) in [6.45, 7) is 4.12. The Morgan fingerprint density at radius 3 is 1.82 bits per heavy atom. The van der Waals surface area contributed by atoms with Crippen molar-refractivity contribution in [3.05, 3.63) is 141 Å². The number of carbonyl (C=O) groups is 1. The highest BCUT2D eigenvalue weighted by molar-refractivity contribution is 6.30. The molecule has 2 atom stereocenters. The summed E-state index contributed by atoms with van der Waals surface area (Å²) in [5.41, 5.74) is 7.62. The predicted octanol–water partition coefficient (Wildman–Crippen LogP) is 8.84. The van der Waals surface area contributed by atoms with E-state index < -0.39 is 6.04 Å². The van der Waals surface area contributed by atoms with Gasteiger partial charge < -0.3 is 15.0 Å². The van der Waals surface area contributed by atoms with Gasteiger partial charge in [-0.1, -0.05) is 82.9 Å². The Morgan fingerprint density at radius 1 is 0.769 bits per heavy atom. The molecule has 6 heteroatoms. The molecule has 4 nitrogen and oxygen atoms in total. The van der Waals surface area contributed by atoms with Gasteiger partial charge in [0.15, 0.2) is 0 Å². The lowest BCUT2D eigenvalue weighted by atomic mass is 9.84. The van der Waals surface area contributed by atoms with Crippen LogP contribution in [0.2, 0.25) is 10.0 Å². The van der Waals surface area contributed by atoms with Crippen molar-refractivity contribution in [3.8, 4) is 0 Å². The number of nitrogens with one attached hydrogen (secondary N) is 1. The first-order chi connectivity index (χ1) is 18.8. The van der Waals surface area contributed by atoms with Gasteiger partial charge in [-0.05, 0) is 73.5 Å². The molecule has 0 fully saturated rings. The summed E-state index contributed by atoms with van der Waals surface area (Å²) >= 11 is 12.6. The largest absolute Gasteiger partial charge is 0.466 e. The van der Waals surface area contributed by atoms with E-state index in [0.717, 1.165) is 39.3 Å². The van der Waals surface area contributed by atoms with E-state index in [-0.39, 0.29) is 12.0 Å². The van der Waals surface area contributed by atoms with Gasteiger partial charge in [0.25, 0.3) is 0 Å². The van der Waals surface area contributed by atoms with E-state index in [1.807, 2.05) is 48.5 Å². The molecule has 0 aliphatic carbocycles. The molecule has 0 unspecified atom stereocenters. The number of benzene rings is 4. The minimum atomic E-state index is -0.445. The fourth-order valence-corrected chi connectivity index (χ4v) is 5.39. The van der Waals surface area contributed by atoms with Crippen LogP contribution in [0.4, 0.5) is 11.4 Å². The zero-order valence-corrected chi connectivity index (χ0v) is 23.6. The number of methoxy groups -OCH3 is 1. The molecule has 0 saturated carbocycles. The SMILES string of the molecule is COC(=O)C1=C(Nc2ccc(C)cc2)C[C@@H](c2ccc(Cl)cc2)N(c2ccc(C)cc2)[C@@H]1c1ccc(Cl)cc1. The summed E-state index contributed by atoms with van der Waals surface area (Å²) in [4.78, 5) is 15.9. The third-order valence-electron chi connectivity index (χ3n) is 7.13. The standard InChI is InChI=1S/C33H30Cl2N2O2/c1-21-4-16-27(17-5-21)36-29-20-30(23-8-12-25(34)13-9-23)37(28-18-6-22(2)7-19-28)32(31(29)33(38)39-3)24-10-14-26(35)15-11-24/h4-19,30,32,36H,20H2,1-3H3/t30-,32+/m0/s1. The quantitative estimate of drug-likeness (QED) is 0.241. The second kappa shape index (κ2) is 11.6. The molecule has 1 heterocycles. The Kier molecular flexibility index (Phi) is 7.97. The van der Waals surface area contributed by atoms with Crippen molar-refractivity contribution in [3.63, 3.8) is 0 Å².